The molecular weight excluding hydrogens is 395 g/mol. The lowest BCUT2D eigenvalue weighted by atomic mass is 10.1. The number of sulfonamides is 1. The number of hydrogen-bond donors (Lipinski definition) is 1. The molecule has 1 saturated heterocycles. The highest BCUT2D eigenvalue weighted by Gasteiger charge is 2.25. The molecule has 2 aromatic carbocycles. The van der Waals surface area contributed by atoms with Gasteiger partial charge < -0.3 is 4.74 Å². The molecule has 1 fully saturated rings. The van der Waals surface area contributed by atoms with Crippen LogP contribution in [0.25, 0.3) is 0 Å². The number of ether oxygens (including phenoxy) is 1. The summed E-state index contributed by atoms with van der Waals surface area (Å²) in [5.74, 6) is -0.799. The van der Waals surface area contributed by atoms with Gasteiger partial charge in [0.25, 0.3) is 0 Å². The Labute approximate surface area is 170 Å². The molecule has 29 heavy (non-hydrogen) atoms. The first-order chi connectivity index (χ1) is 13.9. The molecule has 6 nitrogen and oxygen atoms in total. The summed E-state index contributed by atoms with van der Waals surface area (Å²) < 4.78 is 46.1. The second-order valence-electron chi connectivity index (χ2n) is 7.05. The molecule has 0 bridgehead atoms. The summed E-state index contributed by atoms with van der Waals surface area (Å²) in [7, 11) is -3.73. The monoisotopic (exact) mass is 420 g/mol. The second kappa shape index (κ2) is 9.47. The lowest BCUT2D eigenvalue weighted by Gasteiger charge is -2.32. The van der Waals surface area contributed by atoms with Gasteiger partial charge in [0.05, 0.1) is 17.1 Å². The van der Waals surface area contributed by atoms with Gasteiger partial charge in [-0.05, 0) is 55.7 Å². The minimum atomic E-state index is -3.73. The molecule has 8 heteroatoms. The number of carbonyl (C=O) groups is 1. The molecule has 156 valence electrons. The zero-order chi connectivity index (χ0) is 20.9. The van der Waals surface area contributed by atoms with Crippen LogP contribution in [-0.4, -0.2) is 45.0 Å². The Morgan fingerprint density at radius 3 is 2.52 bits per heavy atom. The van der Waals surface area contributed by atoms with Crippen LogP contribution in [0.5, 0.6) is 0 Å². The first-order valence-electron chi connectivity index (χ1n) is 9.63. The van der Waals surface area contributed by atoms with E-state index in [-0.39, 0.29) is 28.9 Å². The van der Waals surface area contributed by atoms with Gasteiger partial charge in [-0.3, -0.25) is 4.90 Å². The predicted molar refractivity (Wildman–Crippen MR) is 107 cm³/mol. The highest BCUT2D eigenvalue weighted by molar-refractivity contribution is 7.89. The van der Waals surface area contributed by atoms with Crippen LogP contribution in [-0.2, 0) is 21.3 Å². The molecule has 0 amide bonds. The van der Waals surface area contributed by atoms with Gasteiger partial charge in [0, 0.05) is 25.7 Å². The van der Waals surface area contributed by atoms with Crippen LogP contribution in [0.15, 0.2) is 53.4 Å². The molecule has 0 atom stereocenters. The smallest absolute Gasteiger partial charge is 0.338 e. The Hall–Kier alpha value is -2.29. The summed E-state index contributed by atoms with van der Waals surface area (Å²) >= 11 is 0. The maximum absolute atomic E-state index is 13.0. The second-order valence-corrected chi connectivity index (χ2v) is 8.76. The summed E-state index contributed by atoms with van der Waals surface area (Å²) in [5.41, 5.74) is 1.24. The minimum absolute atomic E-state index is 0.0526. The van der Waals surface area contributed by atoms with Gasteiger partial charge in [0.15, 0.2) is 0 Å². The summed E-state index contributed by atoms with van der Waals surface area (Å²) in [6.45, 7) is 4.12. The normalized spacial score (nSPS) is 15.9. The lowest BCUT2D eigenvalue weighted by molar-refractivity contribution is 0.0526. The molecule has 1 aliphatic rings. The first kappa shape index (κ1) is 21.4. The molecule has 2 aromatic rings. The summed E-state index contributed by atoms with van der Waals surface area (Å²) in [4.78, 5) is 14.1. The summed E-state index contributed by atoms with van der Waals surface area (Å²) in [6.07, 6.45) is 1.36. The number of halogens is 1. The number of benzene rings is 2. The molecule has 1 aliphatic heterocycles. The van der Waals surface area contributed by atoms with E-state index >= 15 is 0 Å². The number of hydrogen-bond acceptors (Lipinski definition) is 5. The van der Waals surface area contributed by atoms with E-state index in [1.54, 1.807) is 19.1 Å². The van der Waals surface area contributed by atoms with Crippen molar-refractivity contribution in [3.05, 3.63) is 65.5 Å². The maximum Gasteiger partial charge on any atom is 0.338 e. The zero-order valence-corrected chi connectivity index (χ0v) is 17.1. The van der Waals surface area contributed by atoms with Crippen molar-refractivity contribution in [2.24, 2.45) is 0 Å². The highest BCUT2D eigenvalue weighted by atomic mass is 32.2. The van der Waals surface area contributed by atoms with E-state index in [1.165, 1.54) is 36.4 Å². The minimum Gasteiger partial charge on any atom is -0.462 e. The van der Waals surface area contributed by atoms with E-state index in [0.29, 0.717) is 19.4 Å². The average molecular weight is 421 g/mol. The molecule has 0 aliphatic carbocycles. The third kappa shape index (κ3) is 5.85. The van der Waals surface area contributed by atoms with Gasteiger partial charge in [-0.15, -0.1) is 0 Å². The van der Waals surface area contributed by atoms with Crippen molar-refractivity contribution in [2.45, 2.75) is 37.2 Å². The fourth-order valence-corrected chi connectivity index (χ4v) is 4.70. The maximum atomic E-state index is 13.0. The molecule has 0 spiro atoms. The number of carbonyl (C=O) groups excluding carboxylic acids is 1. The van der Waals surface area contributed by atoms with Crippen molar-refractivity contribution in [3.8, 4) is 0 Å². The van der Waals surface area contributed by atoms with Crippen LogP contribution in [0.2, 0.25) is 0 Å². The van der Waals surface area contributed by atoms with E-state index in [9.17, 15) is 17.6 Å². The summed E-state index contributed by atoms with van der Waals surface area (Å²) in [5, 5.41) is 0. The largest absolute Gasteiger partial charge is 0.462 e. The van der Waals surface area contributed by atoms with Crippen molar-refractivity contribution in [3.63, 3.8) is 0 Å². The Morgan fingerprint density at radius 1 is 1.17 bits per heavy atom. The Morgan fingerprint density at radius 2 is 1.86 bits per heavy atom. The van der Waals surface area contributed by atoms with Crippen LogP contribution < -0.4 is 4.72 Å². The number of nitrogens with zero attached hydrogens (tertiary/aromatic N) is 1. The van der Waals surface area contributed by atoms with Gasteiger partial charge in [0.1, 0.15) is 5.82 Å². The van der Waals surface area contributed by atoms with Crippen LogP contribution in [0.4, 0.5) is 4.39 Å². The molecule has 3 rings (SSSR count). The third-order valence-corrected chi connectivity index (χ3v) is 6.40. The molecule has 0 saturated carbocycles. The molecule has 0 unspecified atom stereocenters. The number of nitrogens with one attached hydrogen (secondary N) is 1. The van der Waals surface area contributed by atoms with E-state index in [1.807, 2.05) is 0 Å². The Kier molecular flexibility index (Phi) is 7.00. The van der Waals surface area contributed by atoms with Crippen LogP contribution in [0.3, 0.4) is 0 Å². The number of esters is 1. The molecule has 0 aromatic heterocycles. The lowest BCUT2D eigenvalue weighted by Crippen LogP contribution is -2.44. The van der Waals surface area contributed by atoms with Gasteiger partial charge >= 0.3 is 5.97 Å². The SMILES string of the molecule is CCOC(=O)c1cccc(S(=O)(=O)NC2CCN(Cc3ccc(F)cc3)CC2)c1. The number of likely N-dealkylation sites (tertiary alicyclic amines) is 1. The standard InChI is InChI=1S/C21H25FN2O4S/c1-2-28-21(25)17-4-3-5-20(14-17)29(26,27)23-19-10-12-24(13-11-19)15-16-6-8-18(22)9-7-16/h3-9,14,19,23H,2,10-13,15H2,1H3. The van der Waals surface area contributed by atoms with Gasteiger partial charge in [-0.1, -0.05) is 18.2 Å². The topological polar surface area (TPSA) is 75.7 Å². The highest BCUT2D eigenvalue weighted by Crippen LogP contribution is 2.18. The third-order valence-electron chi connectivity index (χ3n) is 4.88. The number of piperidine rings is 1. The quantitative estimate of drug-likeness (QED) is 0.697. The van der Waals surface area contributed by atoms with Crippen LogP contribution >= 0.6 is 0 Å². The van der Waals surface area contributed by atoms with E-state index in [2.05, 4.69) is 9.62 Å². The fourth-order valence-electron chi connectivity index (χ4n) is 3.35. The number of rotatable bonds is 7. The Balaban J connectivity index is 1.57. The van der Waals surface area contributed by atoms with Gasteiger partial charge in [-0.25, -0.2) is 22.3 Å². The fraction of sp³-hybridized carbons (Fsp3) is 0.381. The molecule has 1 N–H and O–H groups in total. The molecular formula is C21H25FN2O4S. The van der Waals surface area contributed by atoms with Crippen molar-refractivity contribution < 1.29 is 22.3 Å². The molecule has 1 heterocycles. The summed E-state index contributed by atoms with van der Waals surface area (Å²) in [6, 6.07) is 12.1. The van der Waals surface area contributed by atoms with E-state index < -0.39 is 16.0 Å². The van der Waals surface area contributed by atoms with Crippen molar-refractivity contribution in [1.29, 1.82) is 0 Å². The van der Waals surface area contributed by atoms with Crippen LogP contribution in [0, 0.1) is 5.82 Å². The first-order valence-corrected chi connectivity index (χ1v) is 11.1. The zero-order valence-electron chi connectivity index (χ0n) is 16.3. The average Bonchev–Trinajstić information content (AvgIpc) is 2.71. The molecule has 0 radical (unpaired) electrons. The van der Waals surface area contributed by atoms with Crippen molar-refractivity contribution >= 4 is 16.0 Å². The van der Waals surface area contributed by atoms with Gasteiger partial charge in [0.2, 0.25) is 10.0 Å². The van der Waals surface area contributed by atoms with Crippen molar-refractivity contribution in [1.82, 2.24) is 9.62 Å². The van der Waals surface area contributed by atoms with Crippen molar-refractivity contribution in [2.75, 3.05) is 19.7 Å². The van der Waals surface area contributed by atoms with E-state index in [4.69, 9.17) is 4.74 Å². The van der Waals surface area contributed by atoms with Gasteiger partial charge in [-0.2, -0.15) is 0 Å². The van der Waals surface area contributed by atoms with E-state index in [0.717, 1.165) is 18.7 Å². The predicted octanol–water partition coefficient (Wildman–Crippen LogP) is 2.95. The van der Waals surface area contributed by atoms with Crippen LogP contribution in [0.1, 0.15) is 35.7 Å². The Bertz CT molecular complexity index is 939.